The number of amides is 1. The quantitative estimate of drug-likeness (QED) is 0.433. The molecule has 1 aliphatic heterocycles. The third kappa shape index (κ3) is 4.11. The first-order valence-corrected chi connectivity index (χ1v) is 11.4. The molecular formula is C26H24N6O4. The Bertz CT molecular complexity index is 1540. The molecule has 0 aliphatic carbocycles. The number of imidazole rings is 1. The number of carbonyl (C=O) groups is 1. The lowest BCUT2D eigenvalue weighted by atomic mass is 10.2. The minimum atomic E-state index is -0.304. The van der Waals surface area contributed by atoms with Crippen LogP contribution in [0.2, 0.25) is 0 Å². The molecule has 0 bridgehead atoms. The van der Waals surface area contributed by atoms with Gasteiger partial charge in [0.1, 0.15) is 29.1 Å². The third-order valence-electron chi connectivity index (χ3n) is 6.12. The molecule has 0 spiro atoms. The Morgan fingerprint density at radius 3 is 2.39 bits per heavy atom. The molecule has 0 radical (unpaired) electrons. The fourth-order valence-electron chi connectivity index (χ4n) is 4.40. The van der Waals surface area contributed by atoms with E-state index in [1.807, 2.05) is 24.3 Å². The van der Waals surface area contributed by atoms with Crippen LogP contribution in [0, 0.1) is 11.8 Å². The van der Waals surface area contributed by atoms with Crippen molar-refractivity contribution in [3.63, 3.8) is 0 Å². The number of aromatic nitrogens is 4. The summed E-state index contributed by atoms with van der Waals surface area (Å²) in [6.07, 6.45) is 1.94. The zero-order valence-corrected chi connectivity index (χ0v) is 19.8. The van der Waals surface area contributed by atoms with Crippen LogP contribution in [0.5, 0.6) is 17.2 Å². The Morgan fingerprint density at radius 1 is 1.06 bits per heavy atom. The normalized spacial score (nSPS) is 14.9. The summed E-state index contributed by atoms with van der Waals surface area (Å²) in [5, 5.41) is 0. The number of benzene rings is 2. The summed E-state index contributed by atoms with van der Waals surface area (Å²) in [4.78, 5) is 36.1. The average molecular weight is 485 g/mol. The Balaban J connectivity index is 1.50. The number of anilines is 1. The fourth-order valence-corrected chi connectivity index (χ4v) is 4.40. The first kappa shape index (κ1) is 23.0. The minimum absolute atomic E-state index is 0.192. The van der Waals surface area contributed by atoms with E-state index in [0.717, 1.165) is 5.75 Å². The van der Waals surface area contributed by atoms with Crippen LogP contribution in [0.25, 0.3) is 16.9 Å². The van der Waals surface area contributed by atoms with E-state index >= 15 is 0 Å². The highest BCUT2D eigenvalue weighted by molar-refractivity contribution is 5.93. The molecule has 1 aliphatic rings. The van der Waals surface area contributed by atoms with Crippen molar-refractivity contribution in [3.05, 3.63) is 65.3 Å². The lowest BCUT2D eigenvalue weighted by Crippen LogP contribution is -2.31. The molecule has 0 saturated carbocycles. The van der Waals surface area contributed by atoms with E-state index in [2.05, 4.69) is 21.8 Å². The highest BCUT2D eigenvalue weighted by atomic mass is 16.5. The van der Waals surface area contributed by atoms with Crippen molar-refractivity contribution in [1.29, 1.82) is 0 Å². The summed E-state index contributed by atoms with van der Waals surface area (Å²) in [7, 11) is 1.61. The van der Waals surface area contributed by atoms with E-state index < -0.39 is 0 Å². The second-order valence-electron chi connectivity index (χ2n) is 8.26. The summed E-state index contributed by atoms with van der Waals surface area (Å²) in [5.41, 5.74) is 7.34. The molecule has 1 fully saturated rings. The number of ether oxygens (including phenoxy) is 2. The SMILES string of the molecule is CC#CC(=O)N1CC[C@@H](n2c(=O)n(-c3ccc(Oc4ccc(OC)cc4)cc3)c3c(N)ncnc32)C1. The maximum atomic E-state index is 13.7. The first-order valence-electron chi connectivity index (χ1n) is 11.4. The van der Waals surface area contributed by atoms with Gasteiger partial charge in [0.05, 0.1) is 18.8 Å². The van der Waals surface area contributed by atoms with Gasteiger partial charge in [-0.15, -0.1) is 0 Å². The van der Waals surface area contributed by atoms with Gasteiger partial charge >= 0.3 is 5.69 Å². The summed E-state index contributed by atoms with van der Waals surface area (Å²) < 4.78 is 14.2. The van der Waals surface area contributed by atoms with Crippen LogP contribution in [-0.4, -0.2) is 50.1 Å². The van der Waals surface area contributed by atoms with Crippen LogP contribution in [0.4, 0.5) is 5.82 Å². The van der Waals surface area contributed by atoms with Crippen molar-refractivity contribution in [2.45, 2.75) is 19.4 Å². The summed E-state index contributed by atoms with van der Waals surface area (Å²) in [5.74, 6) is 7.13. The van der Waals surface area contributed by atoms with Crippen molar-refractivity contribution < 1.29 is 14.3 Å². The van der Waals surface area contributed by atoms with Crippen molar-refractivity contribution in [3.8, 4) is 34.8 Å². The van der Waals surface area contributed by atoms with Crippen LogP contribution >= 0.6 is 0 Å². The Morgan fingerprint density at radius 2 is 1.72 bits per heavy atom. The lowest BCUT2D eigenvalue weighted by Gasteiger charge is -2.14. The number of rotatable bonds is 5. The Hall–Kier alpha value is -4.78. The molecule has 182 valence electrons. The Kier molecular flexibility index (Phi) is 6.04. The van der Waals surface area contributed by atoms with Gasteiger partial charge in [0.2, 0.25) is 0 Å². The van der Waals surface area contributed by atoms with Gasteiger partial charge in [-0.25, -0.2) is 14.8 Å². The summed E-state index contributed by atoms with van der Waals surface area (Å²) in [6.45, 7) is 2.50. The topological polar surface area (TPSA) is 118 Å². The van der Waals surface area contributed by atoms with Gasteiger partial charge in [-0.05, 0) is 67.8 Å². The monoisotopic (exact) mass is 484 g/mol. The van der Waals surface area contributed by atoms with Gasteiger partial charge in [0, 0.05) is 13.1 Å². The van der Waals surface area contributed by atoms with Crippen molar-refractivity contribution in [2.75, 3.05) is 25.9 Å². The van der Waals surface area contributed by atoms with Crippen LogP contribution in [0.1, 0.15) is 19.4 Å². The molecule has 1 amide bonds. The van der Waals surface area contributed by atoms with E-state index in [9.17, 15) is 9.59 Å². The smallest absolute Gasteiger partial charge is 0.335 e. The zero-order valence-electron chi connectivity index (χ0n) is 19.8. The van der Waals surface area contributed by atoms with E-state index in [4.69, 9.17) is 15.2 Å². The first-order chi connectivity index (χ1) is 17.5. The zero-order chi connectivity index (χ0) is 25.2. The number of hydrogen-bond acceptors (Lipinski definition) is 7. The van der Waals surface area contributed by atoms with E-state index in [1.165, 1.54) is 10.9 Å². The van der Waals surface area contributed by atoms with Crippen molar-refractivity contribution in [1.82, 2.24) is 24.0 Å². The van der Waals surface area contributed by atoms with Crippen LogP contribution < -0.4 is 20.9 Å². The maximum absolute atomic E-state index is 13.7. The molecule has 5 rings (SSSR count). The van der Waals surface area contributed by atoms with Crippen LogP contribution in [0.15, 0.2) is 59.7 Å². The maximum Gasteiger partial charge on any atom is 0.335 e. The third-order valence-corrected chi connectivity index (χ3v) is 6.12. The predicted molar refractivity (Wildman–Crippen MR) is 134 cm³/mol. The fraction of sp³-hybridized carbons (Fsp3) is 0.231. The molecule has 10 heteroatoms. The molecule has 10 nitrogen and oxygen atoms in total. The summed E-state index contributed by atoms with van der Waals surface area (Å²) in [6, 6.07) is 14.1. The molecule has 2 aromatic carbocycles. The van der Waals surface area contributed by atoms with Gasteiger partial charge in [-0.1, -0.05) is 5.92 Å². The number of carbonyl (C=O) groups excluding carboxylic acids is 1. The lowest BCUT2D eigenvalue weighted by molar-refractivity contribution is -0.124. The molecule has 36 heavy (non-hydrogen) atoms. The van der Waals surface area contributed by atoms with Gasteiger partial charge in [-0.2, -0.15) is 0 Å². The number of fused-ring (bicyclic) bond motifs is 1. The molecule has 3 heterocycles. The number of nitrogen functional groups attached to an aromatic ring is 1. The molecule has 0 unspecified atom stereocenters. The molecule has 2 aromatic heterocycles. The number of methoxy groups -OCH3 is 1. The van der Waals surface area contributed by atoms with Crippen molar-refractivity contribution >= 4 is 22.9 Å². The molecule has 1 saturated heterocycles. The number of nitrogens with zero attached hydrogens (tertiary/aromatic N) is 5. The molecule has 4 aromatic rings. The van der Waals surface area contributed by atoms with E-state index in [-0.39, 0.29) is 23.5 Å². The van der Waals surface area contributed by atoms with E-state index in [1.54, 1.807) is 47.8 Å². The van der Waals surface area contributed by atoms with Gasteiger partial charge in [0.15, 0.2) is 11.5 Å². The van der Waals surface area contributed by atoms with Gasteiger partial charge < -0.3 is 20.1 Å². The molecule has 2 N–H and O–H groups in total. The van der Waals surface area contributed by atoms with E-state index in [0.29, 0.717) is 47.9 Å². The Labute approximate surface area is 206 Å². The highest BCUT2D eigenvalue weighted by Crippen LogP contribution is 2.29. The van der Waals surface area contributed by atoms with Crippen LogP contribution in [0.3, 0.4) is 0 Å². The van der Waals surface area contributed by atoms with Crippen molar-refractivity contribution in [2.24, 2.45) is 0 Å². The largest absolute Gasteiger partial charge is 0.497 e. The second-order valence-corrected chi connectivity index (χ2v) is 8.26. The minimum Gasteiger partial charge on any atom is -0.497 e. The predicted octanol–water partition coefficient (Wildman–Crippen LogP) is 2.76. The summed E-state index contributed by atoms with van der Waals surface area (Å²) >= 11 is 0. The molecular weight excluding hydrogens is 460 g/mol. The van der Waals surface area contributed by atoms with Gasteiger partial charge in [0.25, 0.3) is 5.91 Å². The van der Waals surface area contributed by atoms with Gasteiger partial charge in [-0.3, -0.25) is 13.9 Å². The number of likely N-dealkylation sites (tertiary alicyclic amines) is 1. The second kappa shape index (κ2) is 9.46. The molecule has 1 atom stereocenters. The van der Waals surface area contributed by atoms with Crippen LogP contribution in [-0.2, 0) is 4.79 Å². The standard InChI is InChI=1S/C26H24N6O4/c1-3-4-22(33)30-14-13-18(15-30)32-25-23(24(27)28-16-29-25)31(26(32)34)17-5-7-20(8-6-17)36-21-11-9-19(35-2)10-12-21/h5-12,16,18H,13-15H2,1-2H3,(H2,27,28,29)/t18-/m1/s1. The highest BCUT2D eigenvalue weighted by Gasteiger charge is 2.31. The average Bonchev–Trinajstić information content (AvgIpc) is 3.48. The number of hydrogen-bond donors (Lipinski definition) is 1. The number of nitrogens with two attached hydrogens (primary N) is 1.